The molecule has 0 radical (unpaired) electrons. The van der Waals surface area contributed by atoms with Gasteiger partial charge in [0.05, 0.1) is 7.11 Å². The molecule has 0 aromatic heterocycles. The number of hydrogen-bond acceptors (Lipinski definition) is 3. The number of hydrogen-bond donors (Lipinski definition) is 1. The van der Waals surface area contributed by atoms with Crippen molar-refractivity contribution in [1.29, 1.82) is 0 Å². The summed E-state index contributed by atoms with van der Waals surface area (Å²) in [6.45, 7) is 3.96. The highest BCUT2D eigenvalue weighted by molar-refractivity contribution is 6.31. The summed E-state index contributed by atoms with van der Waals surface area (Å²) in [6, 6.07) is 10.1. The summed E-state index contributed by atoms with van der Waals surface area (Å²) in [5.41, 5.74) is 1.45. The molecule has 0 atom stereocenters. The van der Waals surface area contributed by atoms with Crippen molar-refractivity contribution in [1.82, 2.24) is 5.32 Å². The van der Waals surface area contributed by atoms with Crippen LogP contribution >= 0.6 is 11.6 Å². The minimum atomic E-state index is -0.290. The molecule has 0 heterocycles. The minimum absolute atomic E-state index is 0.119. The molecule has 2 aromatic rings. The van der Waals surface area contributed by atoms with Crippen molar-refractivity contribution in [2.24, 2.45) is 0 Å². The molecular weight excluding hydrogens is 353 g/mol. The number of unbranched alkanes of at least 4 members (excludes halogenated alkanes) is 3. The second kappa shape index (κ2) is 11.0. The Hall–Kier alpha value is -1.78. The van der Waals surface area contributed by atoms with E-state index in [0.717, 1.165) is 18.5 Å². The molecule has 1 N–H and O–H groups in total. The van der Waals surface area contributed by atoms with Gasteiger partial charge in [-0.1, -0.05) is 56.0 Å². The van der Waals surface area contributed by atoms with Crippen molar-refractivity contribution < 1.29 is 13.9 Å². The average Bonchev–Trinajstić information content (AvgIpc) is 2.65. The van der Waals surface area contributed by atoms with Gasteiger partial charge in [-0.05, 0) is 30.7 Å². The van der Waals surface area contributed by atoms with E-state index in [-0.39, 0.29) is 12.4 Å². The topological polar surface area (TPSA) is 30.5 Å². The van der Waals surface area contributed by atoms with Crippen LogP contribution in [0.5, 0.6) is 11.5 Å². The first-order valence-corrected chi connectivity index (χ1v) is 9.46. The van der Waals surface area contributed by atoms with E-state index in [1.54, 1.807) is 31.4 Å². The smallest absolute Gasteiger partial charge is 0.163 e. The first-order chi connectivity index (χ1) is 12.7. The SMILES string of the molecule is CCCCCCNCc1cc(OC)c(OCc2ccccc2F)cc1Cl. The van der Waals surface area contributed by atoms with Crippen LogP contribution in [0, 0.1) is 5.82 Å². The molecule has 0 saturated carbocycles. The van der Waals surface area contributed by atoms with Gasteiger partial charge >= 0.3 is 0 Å². The normalized spacial score (nSPS) is 10.8. The number of benzene rings is 2. The Balaban J connectivity index is 1.96. The van der Waals surface area contributed by atoms with Gasteiger partial charge in [0.25, 0.3) is 0 Å². The highest BCUT2D eigenvalue weighted by Crippen LogP contribution is 2.34. The maximum absolute atomic E-state index is 13.7. The zero-order chi connectivity index (χ0) is 18.8. The van der Waals surface area contributed by atoms with E-state index in [4.69, 9.17) is 21.1 Å². The van der Waals surface area contributed by atoms with Crippen LogP contribution in [0.25, 0.3) is 0 Å². The fraction of sp³-hybridized carbons (Fsp3) is 0.429. The van der Waals surface area contributed by atoms with Crippen molar-refractivity contribution in [2.45, 2.75) is 45.8 Å². The maximum atomic E-state index is 13.7. The van der Waals surface area contributed by atoms with Gasteiger partial charge in [0.1, 0.15) is 12.4 Å². The van der Waals surface area contributed by atoms with Gasteiger partial charge in [-0.25, -0.2) is 4.39 Å². The predicted molar refractivity (Wildman–Crippen MR) is 105 cm³/mol. The minimum Gasteiger partial charge on any atom is -0.493 e. The van der Waals surface area contributed by atoms with Crippen LogP contribution in [0.15, 0.2) is 36.4 Å². The molecule has 26 heavy (non-hydrogen) atoms. The quantitative estimate of drug-likeness (QED) is 0.505. The highest BCUT2D eigenvalue weighted by Gasteiger charge is 2.12. The van der Waals surface area contributed by atoms with Gasteiger partial charge in [-0.15, -0.1) is 0 Å². The molecule has 0 amide bonds. The summed E-state index contributed by atoms with van der Waals surface area (Å²) < 4.78 is 24.9. The van der Waals surface area contributed by atoms with Gasteiger partial charge in [-0.2, -0.15) is 0 Å². The first-order valence-electron chi connectivity index (χ1n) is 9.09. The van der Waals surface area contributed by atoms with Crippen molar-refractivity contribution in [3.8, 4) is 11.5 Å². The van der Waals surface area contributed by atoms with E-state index in [1.807, 2.05) is 6.07 Å². The number of halogens is 2. The van der Waals surface area contributed by atoms with Crippen LogP contribution < -0.4 is 14.8 Å². The fourth-order valence-electron chi connectivity index (χ4n) is 2.66. The third-order valence-electron chi connectivity index (χ3n) is 4.20. The Morgan fingerprint density at radius 1 is 1.04 bits per heavy atom. The predicted octanol–water partition coefficient (Wildman–Crippen LogP) is 5.74. The van der Waals surface area contributed by atoms with Crippen molar-refractivity contribution in [3.05, 3.63) is 58.4 Å². The van der Waals surface area contributed by atoms with E-state index >= 15 is 0 Å². The highest BCUT2D eigenvalue weighted by atomic mass is 35.5. The molecule has 2 rings (SSSR count). The lowest BCUT2D eigenvalue weighted by molar-refractivity contribution is 0.279. The number of nitrogens with one attached hydrogen (secondary N) is 1. The summed E-state index contributed by atoms with van der Waals surface area (Å²) in [5.74, 6) is 0.808. The molecule has 3 nitrogen and oxygen atoms in total. The average molecular weight is 380 g/mol. The summed E-state index contributed by atoms with van der Waals surface area (Å²) in [5, 5.41) is 4.01. The Labute approximate surface area is 160 Å². The van der Waals surface area contributed by atoms with Crippen LogP contribution in [0.2, 0.25) is 5.02 Å². The Kier molecular flexibility index (Phi) is 8.72. The van der Waals surface area contributed by atoms with Crippen molar-refractivity contribution >= 4 is 11.6 Å². The summed E-state index contributed by atoms with van der Waals surface area (Å²) >= 11 is 6.38. The lowest BCUT2D eigenvalue weighted by Gasteiger charge is -2.14. The Bertz CT molecular complexity index is 694. The van der Waals surface area contributed by atoms with E-state index in [0.29, 0.717) is 28.6 Å². The summed E-state index contributed by atoms with van der Waals surface area (Å²) in [4.78, 5) is 0. The van der Waals surface area contributed by atoms with Crippen LogP contribution in [0.3, 0.4) is 0 Å². The van der Waals surface area contributed by atoms with Crippen molar-refractivity contribution in [2.75, 3.05) is 13.7 Å². The lowest BCUT2D eigenvalue weighted by atomic mass is 10.1. The van der Waals surface area contributed by atoms with Gasteiger partial charge in [-0.3, -0.25) is 0 Å². The van der Waals surface area contributed by atoms with E-state index < -0.39 is 0 Å². The van der Waals surface area contributed by atoms with Gasteiger partial charge in [0, 0.05) is 23.2 Å². The van der Waals surface area contributed by atoms with Crippen molar-refractivity contribution in [3.63, 3.8) is 0 Å². The molecule has 0 aliphatic carbocycles. The fourth-order valence-corrected chi connectivity index (χ4v) is 2.88. The third kappa shape index (κ3) is 6.19. The van der Waals surface area contributed by atoms with Crippen LogP contribution in [-0.2, 0) is 13.2 Å². The molecular formula is C21H27ClFNO2. The third-order valence-corrected chi connectivity index (χ3v) is 4.55. The Morgan fingerprint density at radius 3 is 2.58 bits per heavy atom. The van der Waals surface area contributed by atoms with Crippen LogP contribution in [0.4, 0.5) is 4.39 Å². The lowest BCUT2D eigenvalue weighted by Crippen LogP contribution is -2.15. The molecule has 2 aromatic carbocycles. The molecule has 0 spiro atoms. The zero-order valence-corrected chi connectivity index (χ0v) is 16.2. The van der Waals surface area contributed by atoms with E-state index in [9.17, 15) is 4.39 Å². The van der Waals surface area contributed by atoms with E-state index in [1.165, 1.54) is 25.3 Å². The second-order valence-electron chi connectivity index (χ2n) is 6.21. The molecule has 0 unspecified atom stereocenters. The standard InChI is InChI=1S/C21H27ClFNO2/c1-3-4-5-8-11-24-14-17-12-20(25-2)21(13-18(17)22)26-15-16-9-6-7-10-19(16)23/h6-7,9-10,12-13,24H,3-5,8,11,14-15H2,1-2H3. The second-order valence-corrected chi connectivity index (χ2v) is 6.62. The molecule has 5 heteroatoms. The van der Waals surface area contributed by atoms with Gasteiger partial charge < -0.3 is 14.8 Å². The Morgan fingerprint density at radius 2 is 1.85 bits per heavy atom. The van der Waals surface area contributed by atoms with Crippen LogP contribution in [-0.4, -0.2) is 13.7 Å². The molecule has 142 valence electrons. The molecule has 0 aliphatic heterocycles. The zero-order valence-electron chi connectivity index (χ0n) is 15.5. The maximum Gasteiger partial charge on any atom is 0.163 e. The molecule has 0 aliphatic rings. The number of methoxy groups -OCH3 is 1. The van der Waals surface area contributed by atoms with Gasteiger partial charge in [0.2, 0.25) is 0 Å². The molecule has 0 fully saturated rings. The summed E-state index contributed by atoms with van der Waals surface area (Å²) in [7, 11) is 1.58. The van der Waals surface area contributed by atoms with E-state index in [2.05, 4.69) is 12.2 Å². The monoisotopic (exact) mass is 379 g/mol. The molecule has 0 saturated heterocycles. The first kappa shape index (κ1) is 20.5. The summed E-state index contributed by atoms with van der Waals surface area (Å²) in [6.07, 6.45) is 4.90. The molecule has 0 bridgehead atoms. The number of rotatable bonds is 11. The van der Waals surface area contributed by atoms with Crippen LogP contribution in [0.1, 0.15) is 43.7 Å². The number of ether oxygens (including phenoxy) is 2. The van der Waals surface area contributed by atoms with Gasteiger partial charge in [0.15, 0.2) is 11.5 Å². The largest absolute Gasteiger partial charge is 0.493 e.